The van der Waals surface area contributed by atoms with Crippen LogP contribution in [0.4, 0.5) is 0 Å². The third-order valence-electron chi connectivity index (χ3n) is 6.02. The minimum Gasteiger partial charge on any atom is -0.345 e. The van der Waals surface area contributed by atoms with Crippen molar-refractivity contribution in [2.75, 3.05) is 6.54 Å². The van der Waals surface area contributed by atoms with E-state index in [9.17, 15) is 0 Å². The maximum atomic E-state index is 6.33. The first-order valence-electron chi connectivity index (χ1n) is 8.49. The van der Waals surface area contributed by atoms with E-state index >= 15 is 0 Å². The van der Waals surface area contributed by atoms with Gasteiger partial charge in [-0.05, 0) is 35.6 Å². The summed E-state index contributed by atoms with van der Waals surface area (Å²) < 4.78 is 2.97. The van der Waals surface area contributed by atoms with Crippen molar-refractivity contribution in [1.82, 2.24) is 4.23 Å². The highest BCUT2D eigenvalue weighted by Gasteiger charge is 2.51. The van der Waals surface area contributed by atoms with Crippen molar-refractivity contribution in [2.24, 2.45) is 0 Å². The average molecular weight is 401 g/mol. The monoisotopic (exact) mass is 399 g/mol. The van der Waals surface area contributed by atoms with Gasteiger partial charge in [-0.25, -0.2) is 0 Å². The number of rotatable bonds is 6. The summed E-state index contributed by atoms with van der Waals surface area (Å²) in [5, 5.41) is 0.733. The number of nitrogens with zero attached hydrogens (tertiary/aromatic N) is 1. The maximum absolute atomic E-state index is 6.33. The Bertz CT molecular complexity index is 337. The summed E-state index contributed by atoms with van der Waals surface area (Å²) in [6.07, 6.45) is 1.13. The van der Waals surface area contributed by atoms with Crippen molar-refractivity contribution in [3.05, 3.63) is 0 Å². The number of hydrogen-bond acceptors (Lipinski definition) is 1. The van der Waals surface area contributed by atoms with Crippen molar-refractivity contribution in [3.8, 4) is 0 Å². The quantitative estimate of drug-likeness (QED) is 0.335. The summed E-state index contributed by atoms with van der Waals surface area (Å²) in [4.78, 5) is 0. The van der Waals surface area contributed by atoms with Crippen LogP contribution in [0.15, 0.2) is 0 Å². The Hall–Kier alpha value is 1.19. The van der Waals surface area contributed by atoms with E-state index in [0.717, 1.165) is 19.0 Å². The Labute approximate surface area is 152 Å². The molecule has 0 radical (unpaired) electrons. The van der Waals surface area contributed by atoms with Gasteiger partial charge in [-0.15, -0.1) is 22.2 Å². The fourth-order valence-corrected chi connectivity index (χ4v) is 14.9. The molecule has 0 aliphatic heterocycles. The van der Waals surface area contributed by atoms with Crippen LogP contribution in [0.1, 0.15) is 48.0 Å². The molecular weight excluding hydrogens is 361 g/mol. The zero-order chi connectivity index (χ0) is 18.2. The van der Waals surface area contributed by atoms with Crippen molar-refractivity contribution < 1.29 is 0 Å². The molecule has 134 valence electrons. The van der Waals surface area contributed by atoms with Gasteiger partial charge in [0.05, 0.1) is 0 Å². The summed E-state index contributed by atoms with van der Waals surface area (Å²) in [6, 6.07) is 0.996. The first-order valence-corrected chi connectivity index (χ1v) is 19.1. The zero-order valence-corrected chi connectivity index (χ0v) is 21.3. The highest BCUT2D eigenvalue weighted by molar-refractivity contribution is 7.44. The van der Waals surface area contributed by atoms with Crippen molar-refractivity contribution >= 4 is 45.3 Å². The van der Waals surface area contributed by atoms with Gasteiger partial charge in [0.1, 0.15) is 16.5 Å². The van der Waals surface area contributed by atoms with Crippen molar-refractivity contribution in [3.63, 3.8) is 0 Å². The normalized spacial score (nSPS) is 15.5. The molecule has 1 nitrogen and oxygen atoms in total. The molecule has 6 heteroatoms. The molecule has 0 aromatic rings. The van der Waals surface area contributed by atoms with E-state index in [2.05, 4.69) is 72.0 Å². The Morgan fingerprint density at radius 2 is 1.05 bits per heavy atom. The van der Waals surface area contributed by atoms with Crippen LogP contribution in [0, 0.1) is 0 Å². The SMILES string of the molecule is CC(C)(C)[Si](C)(C)N(CCC[Si](C)(Cl)Cl)[Si](C)(C)C(C)(C)C. The number of halogens is 2. The van der Waals surface area contributed by atoms with E-state index in [1.54, 1.807) is 0 Å². The second kappa shape index (κ2) is 7.20. The van der Waals surface area contributed by atoms with E-state index in [4.69, 9.17) is 22.2 Å². The van der Waals surface area contributed by atoms with Gasteiger partial charge in [0.25, 0.3) is 0 Å². The van der Waals surface area contributed by atoms with Crippen LogP contribution in [0.3, 0.4) is 0 Å². The predicted octanol–water partition coefficient (Wildman–Crippen LogP) is 7.24. The lowest BCUT2D eigenvalue weighted by molar-refractivity contribution is 0.508. The van der Waals surface area contributed by atoms with Crippen LogP contribution in [0.2, 0.25) is 48.9 Å². The topological polar surface area (TPSA) is 3.24 Å². The molecule has 0 aliphatic rings. The summed E-state index contributed by atoms with van der Waals surface area (Å²) in [6.45, 7) is 25.9. The van der Waals surface area contributed by atoms with Gasteiger partial charge < -0.3 is 4.23 Å². The van der Waals surface area contributed by atoms with Crippen molar-refractivity contribution in [2.45, 2.75) is 96.8 Å². The molecule has 0 rings (SSSR count). The van der Waals surface area contributed by atoms with E-state index < -0.39 is 23.2 Å². The van der Waals surface area contributed by atoms with Gasteiger partial charge in [0.15, 0.2) is 0 Å². The molecule has 0 fully saturated rings. The Balaban J connectivity index is 5.53. The third kappa shape index (κ3) is 5.92. The Morgan fingerprint density at radius 3 is 1.27 bits per heavy atom. The molecule has 0 saturated carbocycles. The van der Waals surface area contributed by atoms with Gasteiger partial charge in [-0.3, -0.25) is 0 Å². The van der Waals surface area contributed by atoms with Crippen LogP contribution in [0.5, 0.6) is 0 Å². The van der Waals surface area contributed by atoms with Crippen LogP contribution >= 0.6 is 22.2 Å². The molecule has 0 N–H and O–H groups in total. The zero-order valence-electron chi connectivity index (χ0n) is 16.8. The molecule has 0 spiro atoms. The molecule has 0 unspecified atom stereocenters. The molecule has 0 aliphatic carbocycles. The van der Waals surface area contributed by atoms with Gasteiger partial charge in [0, 0.05) is 0 Å². The van der Waals surface area contributed by atoms with Gasteiger partial charge in [-0.1, -0.05) is 67.7 Å². The maximum Gasteiger partial charge on any atom is 0.248 e. The molecule has 22 heavy (non-hydrogen) atoms. The fraction of sp³-hybridized carbons (Fsp3) is 1.00. The second-order valence-electron chi connectivity index (χ2n) is 9.94. The van der Waals surface area contributed by atoms with E-state index in [-0.39, 0.29) is 0 Å². The summed E-state index contributed by atoms with van der Waals surface area (Å²) in [7, 11) is -3.10. The average Bonchev–Trinajstić information content (AvgIpc) is 2.18. The first kappa shape index (κ1) is 23.2. The molecule has 0 aromatic heterocycles. The minimum absolute atomic E-state index is 0.366. The Kier molecular flexibility index (Phi) is 7.59. The van der Waals surface area contributed by atoms with Crippen LogP contribution in [0.25, 0.3) is 0 Å². The lowest BCUT2D eigenvalue weighted by atomic mass is 10.2. The second-order valence-corrected chi connectivity index (χ2v) is 28.9. The largest absolute Gasteiger partial charge is 0.345 e. The fourth-order valence-electron chi connectivity index (χ4n) is 2.62. The smallest absolute Gasteiger partial charge is 0.248 e. The molecule has 0 bridgehead atoms. The lowest BCUT2D eigenvalue weighted by Gasteiger charge is -2.57. The molecule has 0 saturated heterocycles. The summed E-state index contributed by atoms with van der Waals surface area (Å²) >= 11 is 12.7. The van der Waals surface area contributed by atoms with E-state index in [0.29, 0.717) is 10.1 Å². The minimum atomic E-state index is -1.99. The standard InChI is InChI=1S/C16H39Cl2NSi3/c1-15(2,3)20(7,8)19(13-12-14-22(11,17)18)21(9,10)16(4,5)6/h12-14H2,1-11H3. The first-order chi connectivity index (χ1) is 9.34. The van der Waals surface area contributed by atoms with Gasteiger partial charge >= 0.3 is 0 Å². The Morgan fingerprint density at radius 1 is 0.727 bits per heavy atom. The highest BCUT2D eigenvalue weighted by Crippen LogP contribution is 2.47. The molecular formula is C16H39Cl2NSi3. The molecule has 0 atom stereocenters. The van der Waals surface area contributed by atoms with Crippen molar-refractivity contribution in [1.29, 1.82) is 0 Å². The third-order valence-corrected chi connectivity index (χ3v) is 22.2. The van der Waals surface area contributed by atoms with E-state index in [1.807, 2.05) is 6.55 Å². The molecule has 0 aromatic carbocycles. The molecule has 0 amide bonds. The van der Waals surface area contributed by atoms with E-state index in [1.165, 1.54) is 0 Å². The summed E-state index contributed by atoms with van der Waals surface area (Å²) in [5.41, 5.74) is 0. The lowest BCUT2D eigenvalue weighted by Crippen LogP contribution is -2.68. The van der Waals surface area contributed by atoms with Crippen LogP contribution < -0.4 is 0 Å². The van der Waals surface area contributed by atoms with Crippen LogP contribution in [-0.2, 0) is 0 Å². The highest BCUT2D eigenvalue weighted by atomic mass is 35.7. The van der Waals surface area contributed by atoms with Gasteiger partial charge in [0.2, 0.25) is 6.69 Å². The van der Waals surface area contributed by atoms with Gasteiger partial charge in [-0.2, -0.15) is 0 Å². The van der Waals surface area contributed by atoms with Crippen LogP contribution in [-0.4, -0.2) is 33.9 Å². The molecule has 0 heterocycles. The number of hydrogen-bond donors (Lipinski definition) is 0. The predicted molar refractivity (Wildman–Crippen MR) is 114 cm³/mol. The summed E-state index contributed by atoms with van der Waals surface area (Å²) in [5.74, 6) is 0.